The summed E-state index contributed by atoms with van der Waals surface area (Å²) in [6.45, 7) is 8.72. The molecule has 9 heteroatoms. The molecule has 0 aliphatic carbocycles. The highest BCUT2D eigenvalue weighted by atomic mass is 33.1. The van der Waals surface area contributed by atoms with Gasteiger partial charge in [0.2, 0.25) is 0 Å². The lowest BCUT2D eigenvalue weighted by Crippen LogP contribution is -2.24. The first-order valence-electron chi connectivity index (χ1n) is 12.3. The van der Waals surface area contributed by atoms with Gasteiger partial charge in [0, 0.05) is 24.3 Å². The molecular formula is C25H39NO6S2. The van der Waals surface area contributed by atoms with Crippen molar-refractivity contribution in [3.05, 3.63) is 29.8 Å². The second-order valence-corrected chi connectivity index (χ2v) is 10.7. The Kier molecular flexibility index (Phi) is 15.2. The van der Waals surface area contributed by atoms with E-state index in [1.54, 1.807) is 21.6 Å². The number of carbonyl (C=O) groups excluding carboxylic acids is 2. The van der Waals surface area contributed by atoms with E-state index in [4.69, 9.17) is 18.9 Å². The average molecular weight is 514 g/mol. The van der Waals surface area contributed by atoms with E-state index >= 15 is 0 Å². The van der Waals surface area contributed by atoms with Crippen molar-refractivity contribution >= 4 is 33.5 Å². The fourth-order valence-electron chi connectivity index (χ4n) is 3.42. The zero-order valence-electron chi connectivity index (χ0n) is 20.5. The van der Waals surface area contributed by atoms with E-state index in [0.717, 1.165) is 69.0 Å². The van der Waals surface area contributed by atoms with Crippen molar-refractivity contribution in [1.82, 2.24) is 4.90 Å². The predicted octanol–water partition coefficient (Wildman–Crippen LogP) is 4.72. The fourth-order valence-corrected chi connectivity index (χ4v) is 5.07. The molecule has 1 saturated heterocycles. The van der Waals surface area contributed by atoms with Gasteiger partial charge >= 0.3 is 11.9 Å². The molecule has 1 aliphatic rings. The van der Waals surface area contributed by atoms with Gasteiger partial charge < -0.3 is 23.8 Å². The summed E-state index contributed by atoms with van der Waals surface area (Å²) in [4.78, 5) is 26.1. The van der Waals surface area contributed by atoms with Gasteiger partial charge in [-0.2, -0.15) is 0 Å². The first kappa shape index (κ1) is 28.8. The summed E-state index contributed by atoms with van der Waals surface area (Å²) < 4.78 is 22.0. The Hall–Kier alpha value is -1.42. The summed E-state index contributed by atoms with van der Waals surface area (Å²) in [6, 6.07) is 7.50. The number of nitrogens with zero attached hydrogens (tertiary/aromatic N) is 1. The summed E-state index contributed by atoms with van der Waals surface area (Å²) in [5, 5.41) is 0. The lowest BCUT2D eigenvalue weighted by molar-refractivity contribution is -0.143. The number of rotatable bonds is 17. The highest BCUT2D eigenvalue weighted by molar-refractivity contribution is 8.76. The molecule has 1 fully saturated rings. The molecule has 1 heterocycles. The van der Waals surface area contributed by atoms with Crippen LogP contribution in [0, 0.1) is 0 Å². The Morgan fingerprint density at radius 1 is 1.00 bits per heavy atom. The standard InChI is InChI=1S/C25H39NO6S2/c1-3-26(4-2)14-7-8-23(27)29-16-18-33-34-19-17-30-24(28)20-21-10-12-22(13-11-21)32-25-9-5-6-15-31-25/h10-13,25H,3-9,14-20H2,1-2H3. The van der Waals surface area contributed by atoms with Crippen LogP contribution in [0.5, 0.6) is 5.75 Å². The van der Waals surface area contributed by atoms with Crippen molar-refractivity contribution in [2.75, 3.05) is 51.0 Å². The van der Waals surface area contributed by atoms with Crippen molar-refractivity contribution in [3.63, 3.8) is 0 Å². The van der Waals surface area contributed by atoms with Gasteiger partial charge in [-0.1, -0.05) is 47.6 Å². The van der Waals surface area contributed by atoms with Crippen LogP contribution >= 0.6 is 21.6 Å². The van der Waals surface area contributed by atoms with Crippen LogP contribution in [0.25, 0.3) is 0 Å². The van der Waals surface area contributed by atoms with Gasteiger partial charge in [0.15, 0.2) is 6.29 Å². The molecule has 7 nitrogen and oxygen atoms in total. The minimum absolute atomic E-state index is 0.131. The molecule has 1 aromatic rings. The van der Waals surface area contributed by atoms with Gasteiger partial charge in [0.05, 0.1) is 13.0 Å². The van der Waals surface area contributed by atoms with Crippen LogP contribution in [0.4, 0.5) is 0 Å². The summed E-state index contributed by atoms with van der Waals surface area (Å²) >= 11 is 0. The third-order valence-corrected chi connectivity index (χ3v) is 7.70. The van der Waals surface area contributed by atoms with Crippen molar-refractivity contribution < 1.29 is 28.5 Å². The Balaban J connectivity index is 1.44. The normalized spacial score (nSPS) is 15.8. The van der Waals surface area contributed by atoms with Crippen LogP contribution in [0.15, 0.2) is 24.3 Å². The molecule has 0 amide bonds. The van der Waals surface area contributed by atoms with Gasteiger partial charge in [0.1, 0.15) is 19.0 Å². The van der Waals surface area contributed by atoms with E-state index < -0.39 is 0 Å². The maximum atomic E-state index is 12.0. The zero-order chi connectivity index (χ0) is 24.4. The Bertz CT molecular complexity index is 693. The molecule has 192 valence electrons. The van der Waals surface area contributed by atoms with Gasteiger partial charge in [-0.15, -0.1) is 0 Å². The average Bonchev–Trinajstić information content (AvgIpc) is 2.85. The lowest BCUT2D eigenvalue weighted by atomic mass is 10.1. The quantitative estimate of drug-likeness (QED) is 0.167. The molecular weight excluding hydrogens is 474 g/mol. The van der Waals surface area contributed by atoms with Gasteiger partial charge in [-0.25, -0.2) is 0 Å². The van der Waals surface area contributed by atoms with Gasteiger partial charge in [0.25, 0.3) is 0 Å². The molecule has 0 aromatic heterocycles. The predicted molar refractivity (Wildman–Crippen MR) is 138 cm³/mol. The molecule has 0 radical (unpaired) electrons. The smallest absolute Gasteiger partial charge is 0.310 e. The molecule has 0 saturated carbocycles. The summed E-state index contributed by atoms with van der Waals surface area (Å²) in [6.07, 6.45) is 4.49. The largest absolute Gasteiger partial charge is 0.465 e. The van der Waals surface area contributed by atoms with Crippen molar-refractivity contribution in [3.8, 4) is 5.75 Å². The fraction of sp³-hybridized carbons (Fsp3) is 0.680. The van der Waals surface area contributed by atoms with Crippen LogP contribution in [-0.4, -0.2) is 74.1 Å². The molecule has 34 heavy (non-hydrogen) atoms. The monoisotopic (exact) mass is 513 g/mol. The molecule has 1 aliphatic heterocycles. The Morgan fingerprint density at radius 3 is 2.29 bits per heavy atom. The molecule has 1 aromatic carbocycles. The second-order valence-electron chi connectivity index (χ2n) is 7.95. The minimum Gasteiger partial charge on any atom is -0.465 e. The van der Waals surface area contributed by atoms with Crippen LogP contribution in [0.1, 0.15) is 51.5 Å². The molecule has 0 bridgehead atoms. The number of esters is 2. The van der Waals surface area contributed by atoms with E-state index in [1.807, 2.05) is 24.3 Å². The zero-order valence-corrected chi connectivity index (χ0v) is 22.1. The Morgan fingerprint density at radius 2 is 1.68 bits per heavy atom. The van der Waals surface area contributed by atoms with E-state index in [1.165, 1.54) is 0 Å². The number of benzene rings is 1. The molecule has 0 N–H and O–H groups in total. The van der Waals surface area contributed by atoms with Crippen molar-refractivity contribution in [1.29, 1.82) is 0 Å². The van der Waals surface area contributed by atoms with E-state index in [9.17, 15) is 9.59 Å². The van der Waals surface area contributed by atoms with Crippen LogP contribution in [0.3, 0.4) is 0 Å². The first-order chi connectivity index (χ1) is 16.6. The number of hydrogen-bond donors (Lipinski definition) is 0. The topological polar surface area (TPSA) is 74.3 Å². The van der Waals surface area contributed by atoms with E-state index in [2.05, 4.69) is 18.7 Å². The molecule has 1 atom stereocenters. The number of ether oxygens (including phenoxy) is 4. The maximum absolute atomic E-state index is 12.0. The van der Waals surface area contributed by atoms with Crippen LogP contribution < -0.4 is 4.74 Å². The van der Waals surface area contributed by atoms with Gasteiger partial charge in [-0.3, -0.25) is 9.59 Å². The summed E-state index contributed by atoms with van der Waals surface area (Å²) in [5.74, 6) is 1.80. The number of carbonyl (C=O) groups is 2. The number of hydrogen-bond acceptors (Lipinski definition) is 9. The third kappa shape index (κ3) is 12.9. The molecule has 0 spiro atoms. The molecule has 2 rings (SSSR count). The first-order valence-corrected chi connectivity index (χ1v) is 14.7. The second kappa shape index (κ2) is 17.9. The summed E-state index contributed by atoms with van der Waals surface area (Å²) in [7, 11) is 3.23. The van der Waals surface area contributed by atoms with Gasteiger partial charge in [-0.05, 0) is 56.6 Å². The van der Waals surface area contributed by atoms with Crippen molar-refractivity contribution in [2.45, 2.75) is 58.7 Å². The highest BCUT2D eigenvalue weighted by Crippen LogP contribution is 2.21. The summed E-state index contributed by atoms with van der Waals surface area (Å²) in [5.41, 5.74) is 0.892. The third-order valence-electron chi connectivity index (χ3n) is 5.37. The SMILES string of the molecule is CCN(CC)CCCC(=O)OCCSSCCOC(=O)Cc1ccc(OC2CCCCO2)cc1. The van der Waals surface area contributed by atoms with Crippen LogP contribution in [-0.2, 0) is 30.2 Å². The lowest BCUT2D eigenvalue weighted by Gasteiger charge is -2.23. The highest BCUT2D eigenvalue weighted by Gasteiger charge is 2.15. The van der Waals surface area contributed by atoms with E-state index in [-0.39, 0.29) is 24.6 Å². The van der Waals surface area contributed by atoms with Crippen molar-refractivity contribution in [2.24, 2.45) is 0 Å². The molecule has 1 unspecified atom stereocenters. The minimum atomic E-state index is -0.242. The Labute approximate surface area is 212 Å². The van der Waals surface area contributed by atoms with E-state index in [0.29, 0.717) is 25.4 Å². The maximum Gasteiger partial charge on any atom is 0.310 e. The van der Waals surface area contributed by atoms with Crippen LogP contribution in [0.2, 0.25) is 0 Å².